The molecule has 20 heavy (non-hydrogen) atoms. The van der Waals surface area contributed by atoms with Crippen molar-refractivity contribution in [2.24, 2.45) is 0 Å². The van der Waals surface area contributed by atoms with Gasteiger partial charge in [-0.2, -0.15) is 0 Å². The van der Waals surface area contributed by atoms with Crippen LogP contribution >= 0.6 is 0 Å². The molecule has 0 saturated carbocycles. The minimum atomic E-state index is -0.667. The van der Waals surface area contributed by atoms with Crippen LogP contribution in [0.15, 0.2) is 0 Å². The Morgan fingerprint density at radius 2 is 1.25 bits per heavy atom. The second-order valence-corrected chi connectivity index (χ2v) is 5.68. The molecule has 118 valence electrons. The van der Waals surface area contributed by atoms with Crippen molar-refractivity contribution in [2.45, 2.75) is 96.5 Å². The van der Waals surface area contributed by atoms with Crippen molar-refractivity contribution in [3.05, 3.63) is 0 Å². The predicted octanol–water partition coefficient (Wildman–Crippen LogP) is 4.43. The van der Waals surface area contributed by atoms with Crippen LogP contribution in [0, 0.1) is 11.8 Å². The molecule has 0 heterocycles. The number of hydrogen-bond donors (Lipinski definition) is 2. The molecule has 0 amide bonds. The van der Waals surface area contributed by atoms with Gasteiger partial charge in [0.15, 0.2) is 0 Å². The van der Waals surface area contributed by atoms with Gasteiger partial charge in [0.25, 0.3) is 0 Å². The first-order valence-corrected chi connectivity index (χ1v) is 8.56. The molecule has 0 aliphatic heterocycles. The molecule has 0 aromatic carbocycles. The fraction of sp³-hybridized carbons (Fsp3) is 0.889. The normalized spacial score (nSPS) is 11.9. The smallest absolute Gasteiger partial charge is 0.0879 e. The molecule has 0 aromatic rings. The summed E-state index contributed by atoms with van der Waals surface area (Å²) in [6.07, 6.45) is 15.6. The van der Waals surface area contributed by atoms with Crippen molar-refractivity contribution in [1.29, 1.82) is 0 Å². The Kier molecular flexibility index (Phi) is 16.1. The number of unbranched alkanes of at least 4 members (excludes halogenated alkanes) is 11. The summed E-state index contributed by atoms with van der Waals surface area (Å²) in [4.78, 5) is 0. The molecule has 0 spiro atoms. The van der Waals surface area contributed by atoms with E-state index in [4.69, 9.17) is 10.2 Å². The van der Waals surface area contributed by atoms with Crippen molar-refractivity contribution in [2.75, 3.05) is 6.61 Å². The average molecular weight is 282 g/mol. The van der Waals surface area contributed by atoms with Crippen LogP contribution in [0.25, 0.3) is 0 Å². The number of hydrogen-bond acceptors (Lipinski definition) is 2. The first-order valence-electron chi connectivity index (χ1n) is 8.56. The van der Waals surface area contributed by atoms with E-state index in [1.807, 2.05) is 0 Å². The quantitative estimate of drug-likeness (QED) is 0.387. The van der Waals surface area contributed by atoms with Crippen LogP contribution < -0.4 is 0 Å². The van der Waals surface area contributed by atoms with E-state index in [2.05, 4.69) is 18.8 Å². The zero-order valence-electron chi connectivity index (χ0n) is 13.4. The molecule has 0 saturated heterocycles. The molecule has 0 unspecified atom stereocenters. The second-order valence-electron chi connectivity index (χ2n) is 5.68. The van der Waals surface area contributed by atoms with Crippen molar-refractivity contribution < 1.29 is 10.2 Å². The third-order valence-electron chi connectivity index (χ3n) is 3.58. The van der Waals surface area contributed by atoms with Crippen molar-refractivity contribution >= 4 is 0 Å². The fourth-order valence-corrected chi connectivity index (χ4v) is 2.22. The van der Waals surface area contributed by atoms with E-state index in [0.29, 0.717) is 6.42 Å². The molecule has 0 aliphatic carbocycles. The molecule has 2 heteroatoms. The predicted molar refractivity (Wildman–Crippen MR) is 86.6 cm³/mol. The number of aliphatic hydroxyl groups is 2. The molecular weight excluding hydrogens is 248 g/mol. The largest absolute Gasteiger partial charge is 0.394 e. The van der Waals surface area contributed by atoms with E-state index in [1.54, 1.807) is 0 Å². The fourth-order valence-electron chi connectivity index (χ4n) is 2.22. The monoisotopic (exact) mass is 282 g/mol. The molecule has 0 rings (SSSR count). The van der Waals surface area contributed by atoms with Crippen LogP contribution in [-0.2, 0) is 0 Å². The van der Waals surface area contributed by atoms with Crippen molar-refractivity contribution in [3.8, 4) is 11.8 Å². The summed E-state index contributed by atoms with van der Waals surface area (Å²) in [5, 5.41) is 17.7. The summed E-state index contributed by atoms with van der Waals surface area (Å²) in [5.74, 6) is 5.97. The Balaban J connectivity index is 3.09. The molecule has 0 fully saturated rings. The summed E-state index contributed by atoms with van der Waals surface area (Å²) < 4.78 is 0. The summed E-state index contributed by atoms with van der Waals surface area (Å²) in [6.45, 7) is 2.08. The van der Waals surface area contributed by atoms with Crippen LogP contribution in [0.1, 0.15) is 90.4 Å². The van der Waals surface area contributed by atoms with Gasteiger partial charge in [-0.05, 0) is 6.42 Å². The van der Waals surface area contributed by atoms with Gasteiger partial charge < -0.3 is 10.2 Å². The highest BCUT2D eigenvalue weighted by Crippen LogP contribution is 2.11. The molecule has 2 nitrogen and oxygen atoms in total. The highest BCUT2D eigenvalue weighted by molar-refractivity contribution is 4.99. The Morgan fingerprint density at radius 1 is 0.750 bits per heavy atom. The third-order valence-corrected chi connectivity index (χ3v) is 3.58. The Hall–Kier alpha value is -0.520. The first kappa shape index (κ1) is 19.5. The minimum Gasteiger partial charge on any atom is -0.394 e. The zero-order chi connectivity index (χ0) is 14.9. The lowest BCUT2D eigenvalue weighted by Gasteiger charge is -2.01. The van der Waals surface area contributed by atoms with E-state index in [-0.39, 0.29) is 6.61 Å². The summed E-state index contributed by atoms with van der Waals surface area (Å²) in [7, 11) is 0. The molecular formula is C18H34O2. The van der Waals surface area contributed by atoms with Gasteiger partial charge in [0.05, 0.1) is 12.7 Å². The van der Waals surface area contributed by atoms with E-state index >= 15 is 0 Å². The SMILES string of the molecule is CCCCCCCCCCCCCC#CC[C@H](O)CO. The molecule has 1 atom stereocenters. The third kappa shape index (κ3) is 15.5. The first-order chi connectivity index (χ1) is 9.81. The molecule has 0 aromatic heterocycles. The van der Waals surface area contributed by atoms with Gasteiger partial charge in [-0.25, -0.2) is 0 Å². The summed E-state index contributed by atoms with van der Waals surface area (Å²) in [6, 6.07) is 0. The van der Waals surface area contributed by atoms with Gasteiger partial charge in [-0.15, -0.1) is 11.8 Å². The van der Waals surface area contributed by atoms with E-state index in [1.165, 1.54) is 70.6 Å². The van der Waals surface area contributed by atoms with Gasteiger partial charge in [-0.1, -0.05) is 71.1 Å². The molecule has 2 N–H and O–H groups in total. The second kappa shape index (κ2) is 16.5. The maximum Gasteiger partial charge on any atom is 0.0879 e. The van der Waals surface area contributed by atoms with Crippen LogP contribution in [0.2, 0.25) is 0 Å². The zero-order valence-corrected chi connectivity index (χ0v) is 13.4. The maximum absolute atomic E-state index is 9.10. The van der Waals surface area contributed by atoms with Crippen LogP contribution in [0.5, 0.6) is 0 Å². The van der Waals surface area contributed by atoms with Gasteiger partial charge in [-0.3, -0.25) is 0 Å². The lowest BCUT2D eigenvalue weighted by atomic mass is 10.1. The Morgan fingerprint density at radius 3 is 1.75 bits per heavy atom. The van der Waals surface area contributed by atoms with E-state index in [0.717, 1.165) is 6.42 Å². The van der Waals surface area contributed by atoms with Gasteiger partial charge in [0, 0.05) is 12.8 Å². The Labute approximate surface area is 126 Å². The molecule has 0 aliphatic rings. The minimum absolute atomic E-state index is 0.187. The molecule has 0 bridgehead atoms. The summed E-state index contributed by atoms with van der Waals surface area (Å²) in [5.41, 5.74) is 0. The summed E-state index contributed by atoms with van der Waals surface area (Å²) >= 11 is 0. The topological polar surface area (TPSA) is 40.5 Å². The van der Waals surface area contributed by atoms with Gasteiger partial charge >= 0.3 is 0 Å². The van der Waals surface area contributed by atoms with Crippen LogP contribution in [0.3, 0.4) is 0 Å². The van der Waals surface area contributed by atoms with Crippen molar-refractivity contribution in [3.63, 3.8) is 0 Å². The number of rotatable bonds is 13. The van der Waals surface area contributed by atoms with E-state index < -0.39 is 6.10 Å². The van der Waals surface area contributed by atoms with Crippen LogP contribution in [0.4, 0.5) is 0 Å². The van der Waals surface area contributed by atoms with Gasteiger partial charge in [0.1, 0.15) is 0 Å². The molecule has 0 radical (unpaired) electrons. The van der Waals surface area contributed by atoms with Gasteiger partial charge in [0.2, 0.25) is 0 Å². The highest BCUT2D eigenvalue weighted by Gasteiger charge is 1.96. The average Bonchev–Trinajstić information content (AvgIpc) is 2.47. The van der Waals surface area contributed by atoms with Crippen molar-refractivity contribution in [1.82, 2.24) is 0 Å². The van der Waals surface area contributed by atoms with Crippen LogP contribution in [-0.4, -0.2) is 22.9 Å². The number of aliphatic hydroxyl groups excluding tert-OH is 2. The lowest BCUT2D eigenvalue weighted by Crippen LogP contribution is -2.09. The Bertz CT molecular complexity index is 240. The van der Waals surface area contributed by atoms with E-state index in [9.17, 15) is 0 Å². The maximum atomic E-state index is 9.10. The standard InChI is InChI=1S/C18H34O2/c1-2-3-4-5-6-7-8-9-10-11-12-13-14-15-16-18(20)17-19/h18-20H,2-13,16-17H2,1H3/t18-/m0/s1. The lowest BCUT2D eigenvalue weighted by molar-refractivity contribution is 0.0992. The highest BCUT2D eigenvalue weighted by atomic mass is 16.3.